The lowest BCUT2D eigenvalue weighted by Gasteiger charge is -2.36. The monoisotopic (exact) mass is 333 g/mol. The zero-order chi connectivity index (χ0) is 16.7. The van der Waals surface area contributed by atoms with Crippen molar-refractivity contribution in [1.82, 2.24) is 0 Å². The Morgan fingerprint density at radius 2 is 1.87 bits per heavy atom. The van der Waals surface area contributed by atoms with Crippen LogP contribution in [0.25, 0.3) is 10.8 Å². The molecule has 0 aliphatic carbocycles. The van der Waals surface area contributed by atoms with Crippen LogP contribution in [-0.2, 0) is 25.9 Å². The molecule has 1 heterocycles. The van der Waals surface area contributed by atoms with E-state index in [1.54, 1.807) is 13.8 Å². The Morgan fingerprint density at radius 1 is 1.17 bits per heavy atom. The smallest absolute Gasteiger partial charge is 0.399 e. The molecule has 0 fully saturated rings. The molecule has 3 rings (SSSR count). The van der Waals surface area contributed by atoms with Gasteiger partial charge in [-0.05, 0) is 36.6 Å². The molecular formula is C17H19NO4S. The highest BCUT2D eigenvalue weighted by Crippen LogP contribution is 2.32. The molecule has 2 aromatic carbocycles. The molecule has 0 saturated carbocycles. The molecule has 2 aromatic rings. The second kappa shape index (κ2) is 5.53. The van der Waals surface area contributed by atoms with Crippen LogP contribution >= 0.6 is 0 Å². The second-order valence-corrected chi connectivity index (χ2v) is 7.89. The molecule has 1 atom stereocenters. The van der Waals surface area contributed by atoms with E-state index in [1.807, 2.05) is 42.5 Å². The summed E-state index contributed by atoms with van der Waals surface area (Å²) in [6.45, 7) is 3.49. The molecule has 0 aromatic heterocycles. The van der Waals surface area contributed by atoms with E-state index in [0.717, 1.165) is 16.3 Å². The Hall–Kier alpha value is -2.08. The highest BCUT2D eigenvalue weighted by atomic mass is 32.2. The largest absolute Gasteiger partial charge is 0.453 e. The van der Waals surface area contributed by atoms with E-state index in [2.05, 4.69) is 4.40 Å². The molecule has 0 spiro atoms. The van der Waals surface area contributed by atoms with Gasteiger partial charge in [0.2, 0.25) is 0 Å². The fraction of sp³-hybridized carbons (Fsp3) is 0.353. The molecular weight excluding hydrogens is 314 g/mol. The molecule has 6 heteroatoms. The van der Waals surface area contributed by atoms with Crippen LogP contribution in [0.1, 0.15) is 19.4 Å². The summed E-state index contributed by atoms with van der Waals surface area (Å²) < 4.78 is 39.2. The number of nitrogens with zero attached hydrogens (tertiary/aromatic N) is 1. The quantitative estimate of drug-likeness (QED) is 0.847. The Morgan fingerprint density at radius 3 is 2.57 bits per heavy atom. The minimum absolute atomic E-state index is 0.204. The van der Waals surface area contributed by atoms with Crippen LogP contribution in [0.5, 0.6) is 0 Å². The van der Waals surface area contributed by atoms with Gasteiger partial charge in [-0.15, -0.1) is 0 Å². The molecule has 1 aliphatic heterocycles. The van der Waals surface area contributed by atoms with Crippen LogP contribution in [0.4, 0.5) is 0 Å². The third kappa shape index (κ3) is 2.91. The predicted molar refractivity (Wildman–Crippen MR) is 90.0 cm³/mol. The number of hydrogen-bond donors (Lipinski definition) is 0. The zero-order valence-electron chi connectivity index (χ0n) is 13.3. The SMILES string of the molecule is COC1=NS(=O)(=O)C(Cc2cccc3ccccc23)C(C)(C)O1. The molecule has 0 bridgehead atoms. The molecule has 0 saturated heterocycles. The first-order valence-corrected chi connectivity index (χ1v) is 8.87. The molecule has 1 unspecified atom stereocenters. The van der Waals surface area contributed by atoms with Gasteiger partial charge in [-0.3, -0.25) is 0 Å². The molecule has 0 amide bonds. The summed E-state index contributed by atoms with van der Waals surface area (Å²) in [5.74, 6) is 0. The van der Waals surface area contributed by atoms with Crippen LogP contribution < -0.4 is 0 Å². The van der Waals surface area contributed by atoms with Crippen molar-refractivity contribution in [2.75, 3.05) is 7.11 Å². The molecule has 1 aliphatic rings. The zero-order valence-corrected chi connectivity index (χ0v) is 14.1. The van der Waals surface area contributed by atoms with Gasteiger partial charge in [0.1, 0.15) is 10.9 Å². The van der Waals surface area contributed by atoms with Crippen LogP contribution in [0.15, 0.2) is 46.9 Å². The van der Waals surface area contributed by atoms with E-state index in [1.165, 1.54) is 7.11 Å². The van der Waals surface area contributed by atoms with E-state index in [-0.39, 0.29) is 6.08 Å². The molecule has 122 valence electrons. The van der Waals surface area contributed by atoms with Crippen LogP contribution in [-0.4, -0.2) is 32.5 Å². The van der Waals surface area contributed by atoms with Gasteiger partial charge in [0.05, 0.1) is 7.11 Å². The lowest BCUT2D eigenvalue weighted by molar-refractivity contribution is 0.0446. The van der Waals surface area contributed by atoms with Crippen molar-refractivity contribution in [1.29, 1.82) is 0 Å². The van der Waals surface area contributed by atoms with E-state index < -0.39 is 20.9 Å². The lowest BCUT2D eigenvalue weighted by atomic mass is 9.94. The van der Waals surface area contributed by atoms with Gasteiger partial charge in [0, 0.05) is 0 Å². The first-order chi connectivity index (χ1) is 10.8. The van der Waals surface area contributed by atoms with Crippen LogP contribution in [0.3, 0.4) is 0 Å². The molecule has 0 radical (unpaired) electrons. The van der Waals surface area contributed by atoms with Gasteiger partial charge in [-0.1, -0.05) is 46.9 Å². The summed E-state index contributed by atoms with van der Waals surface area (Å²) in [6, 6.07) is 13.8. The second-order valence-electron chi connectivity index (χ2n) is 6.11. The molecule has 23 heavy (non-hydrogen) atoms. The van der Waals surface area contributed by atoms with E-state index >= 15 is 0 Å². The topological polar surface area (TPSA) is 65.0 Å². The van der Waals surface area contributed by atoms with E-state index in [0.29, 0.717) is 6.42 Å². The van der Waals surface area contributed by atoms with Gasteiger partial charge in [0.15, 0.2) is 0 Å². The normalized spacial score (nSPS) is 22.2. The Bertz CT molecular complexity index is 866. The van der Waals surface area contributed by atoms with Gasteiger partial charge in [-0.25, -0.2) is 8.42 Å². The maximum Gasteiger partial charge on any atom is 0.399 e. The maximum absolute atomic E-state index is 12.6. The number of rotatable bonds is 2. The summed E-state index contributed by atoms with van der Waals surface area (Å²) in [5, 5.41) is 1.35. The van der Waals surface area contributed by atoms with Crippen LogP contribution in [0.2, 0.25) is 0 Å². The van der Waals surface area contributed by atoms with Gasteiger partial charge in [0.25, 0.3) is 10.0 Å². The highest BCUT2D eigenvalue weighted by molar-refractivity contribution is 7.91. The van der Waals surface area contributed by atoms with Crippen molar-refractivity contribution in [2.24, 2.45) is 4.40 Å². The van der Waals surface area contributed by atoms with Crippen molar-refractivity contribution >= 4 is 26.9 Å². The third-order valence-corrected chi connectivity index (χ3v) is 6.00. The summed E-state index contributed by atoms with van der Waals surface area (Å²) in [7, 11) is -2.38. The number of hydrogen-bond acceptors (Lipinski definition) is 4. The van der Waals surface area contributed by atoms with Crippen LogP contribution in [0, 0.1) is 0 Å². The lowest BCUT2D eigenvalue weighted by Crippen LogP contribution is -2.50. The van der Waals surface area contributed by atoms with Crippen molar-refractivity contribution in [3.8, 4) is 0 Å². The number of fused-ring (bicyclic) bond motifs is 1. The van der Waals surface area contributed by atoms with E-state index in [9.17, 15) is 8.42 Å². The predicted octanol–water partition coefficient (Wildman–Crippen LogP) is 2.89. The van der Waals surface area contributed by atoms with Crippen molar-refractivity contribution in [2.45, 2.75) is 31.1 Å². The first kappa shape index (κ1) is 15.8. The Kier molecular flexibility index (Phi) is 3.80. The summed E-state index contributed by atoms with van der Waals surface area (Å²) >= 11 is 0. The van der Waals surface area contributed by atoms with Crippen molar-refractivity contribution < 1.29 is 17.9 Å². The number of benzene rings is 2. The first-order valence-electron chi connectivity index (χ1n) is 7.37. The average molecular weight is 333 g/mol. The summed E-state index contributed by atoms with van der Waals surface area (Å²) in [4.78, 5) is 0. The third-order valence-electron chi connectivity index (χ3n) is 4.15. The number of ether oxygens (including phenoxy) is 2. The van der Waals surface area contributed by atoms with E-state index in [4.69, 9.17) is 9.47 Å². The standard InChI is InChI=1S/C17H19NO4S/c1-17(2)15(23(19,20)18-16(21-3)22-17)11-13-9-6-8-12-7-4-5-10-14(12)13/h4-10,15H,11H2,1-3H3. The minimum atomic E-state index is -3.72. The number of sulfonamides is 1. The van der Waals surface area contributed by atoms with Gasteiger partial charge >= 0.3 is 6.08 Å². The fourth-order valence-corrected chi connectivity index (χ4v) is 4.54. The fourth-order valence-electron chi connectivity index (χ4n) is 2.94. The van der Waals surface area contributed by atoms with Crippen molar-refractivity contribution in [3.05, 3.63) is 48.0 Å². The molecule has 5 nitrogen and oxygen atoms in total. The Labute approximate surface area is 136 Å². The maximum atomic E-state index is 12.6. The Balaban J connectivity index is 2.06. The highest BCUT2D eigenvalue weighted by Gasteiger charge is 2.46. The minimum Gasteiger partial charge on any atom is -0.453 e. The van der Waals surface area contributed by atoms with Gasteiger partial charge < -0.3 is 9.47 Å². The molecule has 0 N–H and O–H groups in total. The average Bonchev–Trinajstić information content (AvgIpc) is 2.50. The van der Waals surface area contributed by atoms with Crippen molar-refractivity contribution in [3.63, 3.8) is 0 Å². The van der Waals surface area contributed by atoms with Gasteiger partial charge in [-0.2, -0.15) is 0 Å². The summed E-state index contributed by atoms with van der Waals surface area (Å²) in [6.07, 6.45) is 0.126. The summed E-state index contributed by atoms with van der Waals surface area (Å²) in [5.41, 5.74) is 0.0347. The number of methoxy groups -OCH3 is 1.